The maximum atomic E-state index is 10.4. The number of aromatic nitrogens is 1. The Morgan fingerprint density at radius 3 is 1.12 bits per heavy atom. The van der Waals surface area contributed by atoms with E-state index in [-0.39, 0.29) is 44.7 Å². The van der Waals surface area contributed by atoms with Crippen LogP contribution in [-0.2, 0) is 32.5 Å². The predicted molar refractivity (Wildman–Crippen MR) is 544 cm³/mol. The first kappa shape index (κ1) is 74.6. The molecule has 1 unspecified atom stereocenters. The van der Waals surface area contributed by atoms with Gasteiger partial charge in [-0.15, -0.1) is 0 Å². The summed E-state index contributed by atoms with van der Waals surface area (Å²) >= 11 is 0. The van der Waals surface area contributed by atoms with Gasteiger partial charge in [-0.1, -0.05) is 407 Å². The highest BCUT2D eigenvalue weighted by Gasteiger charge is 2.51. The molecule has 1 atom stereocenters. The molecular formula is C123H108BN3. The van der Waals surface area contributed by atoms with Crippen LogP contribution in [0.5, 0.6) is 0 Å². The normalized spacial score (nSPS) is 14.8. The minimum Gasteiger partial charge on any atom is -0.310 e. The monoisotopic (exact) mass is 1640 g/mol. The molecule has 0 N–H and O–H groups in total. The highest BCUT2D eigenvalue weighted by molar-refractivity contribution is 7.00. The maximum absolute atomic E-state index is 10.4. The molecule has 1 aromatic heterocycles. The van der Waals surface area contributed by atoms with Crippen molar-refractivity contribution in [1.29, 1.82) is 0 Å². The van der Waals surface area contributed by atoms with Crippen LogP contribution in [-0.4, -0.2) is 11.3 Å². The van der Waals surface area contributed by atoms with Gasteiger partial charge in [0.25, 0.3) is 6.71 Å². The Morgan fingerprint density at radius 1 is 0.260 bits per heavy atom. The zero-order valence-electron chi connectivity index (χ0n) is 80.4. The molecule has 127 heavy (non-hydrogen) atoms. The first-order valence-electron chi connectivity index (χ1n) is 47.6. The van der Waals surface area contributed by atoms with E-state index in [0.717, 1.165) is 156 Å². The van der Waals surface area contributed by atoms with Crippen LogP contribution >= 0.6 is 0 Å². The third-order valence-electron chi connectivity index (χ3n) is 27.3. The molecule has 0 amide bonds. The zero-order valence-corrected chi connectivity index (χ0v) is 75.4. The van der Waals surface area contributed by atoms with E-state index in [1.54, 1.807) is 0 Å². The van der Waals surface area contributed by atoms with E-state index in [2.05, 4.69) is 470 Å². The van der Waals surface area contributed by atoms with Crippen molar-refractivity contribution >= 4 is 79.0 Å². The molecular weight excluding hydrogens is 1530 g/mol. The van der Waals surface area contributed by atoms with Crippen molar-refractivity contribution < 1.29 is 6.85 Å². The van der Waals surface area contributed by atoms with Crippen LogP contribution in [0.3, 0.4) is 0 Å². The molecule has 3 nitrogen and oxygen atoms in total. The first-order valence-corrected chi connectivity index (χ1v) is 45.1. The fourth-order valence-corrected chi connectivity index (χ4v) is 20.7. The van der Waals surface area contributed by atoms with Gasteiger partial charge in [0, 0.05) is 61.5 Å². The van der Waals surface area contributed by atoms with Gasteiger partial charge in [-0.3, -0.25) is 0 Å². The fourth-order valence-electron chi connectivity index (χ4n) is 20.7. The molecule has 1 aliphatic carbocycles. The molecule has 0 fully saturated rings. The van der Waals surface area contributed by atoms with Gasteiger partial charge >= 0.3 is 0 Å². The third-order valence-corrected chi connectivity index (χ3v) is 27.3. The molecule has 0 radical (unpaired) electrons. The van der Waals surface area contributed by atoms with Crippen molar-refractivity contribution in [2.24, 2.45) is 0 Å². The lowest BCUT2D eigenvalue weighted by Crippen LogP contribution is -2.61. The highest BCUT2D eigenvalue weighted by atomic mass is 15.2. The summed E-state index contributed by atoms with van der Waals surface area (Å²) < 4.78 is 52.3. The molecule has 0 bridgehead atoms. The van der Waals surface area contributed by atoms with Crippen LogP contribution in [0.1, 0.15) is 161 Å². The standard InChI is InChI=1S/C123H108BN3/c1-118(2,3)88-53-38-50-84(68-88)94-54-34-36-58-104(94)123(87-51-32-21-33-52-87)105-59-37-35-55-96(105)97-57-39-56-95(114(97)123)85-60-64-106-110(69-85)126(116-98(80-42-24-17-25-43-80)74-91(121(10,11)12)75-99(116)81-44-26-18-27-45-81)112-70-86(79-40-22-16-23-41-79)71-113-115(112)124(106)107-65-63-93(125-108-66-61-89(119(4,5)6)72-102(108)103-73-90(120(7,8)9)62-67-109(103)125)78-111(107)127(113)117-100(82-46-28-19-29-47-82)76-92(122(13,14)15)77-101(117)83-48-30-20-31-49-83/h16-78H,1-15H3/i16D,22D,23D,40D,41D. The lowest BCUT2D eigenvalue weighted by Gasteiger charge is -2.46. The minimum atomic E-state index is -0.899. The first-order chi connectivity index (χ1) is 63.2. The van der Waals surface area contributed by atoms with Crippen molar-refractivity contribution in [3.63, 3.8) is 0 Å². The van der Waals surface area contributed by atoms with Crippen LogP contribution in [0.2, 0.25) is 0 Å². The summed E-state index contributed by atoms with van der Waals surface area (Å²) in [5, 5.41) is 2.35. The largest absolute Gasteiger partial charge is 0.310 e. The highest BCUT2D eigenvalue weighted by Crippen LogP contribution is 2.62. The molecule has 17 aromatic carbocycles. The second-order valence-corrected chi connectivity index (χ2v) is 40.4. The molecule has 3 aliphatic rings. The molecule has 0 saturated carbocycles. The topological polar surface area (TPSA) is 11.4 Å². The smallest absolute Gasteiger partial charge is 0.252 e. The summed E-state index contributed by atoms with van der Waals surface area (Å²) in [6, 6.07) is 130. The van der Waals surface area contributed by atoms with Gasteiger partial charge in [0.05, 0.1) is 34.7 Å². The van der Waals surface area contributed by atoms with E-state index in [1.807, 2.05) is 0 Å². The average molecular weight is 1640 g/mol. The quantitative estimate of drug-likeness (QED) is 0.113. The van der Waals surface area contributed by atoms with Crippen molar-refractivity contribution in [2.75, 3.05) is 9.80 Å². The third kappa shape index (κ3) is 13.5. The fraction of sp³-hybridized carbons (Fsp3) is 0.171. The van der Waals surface area contributed by atoms with Crippen LogP contribution in [0.25, 0.3) is 117 Å². The second-order valence-electron chi connectivity index (χ2n) is 40.4. The van der Waals surface area contributed by atoms with Gasteiger partial charge in [-0.2, -0.15) is 0 Å². The molecule has 18 aromatic rings. The molecule has 0 spiro atoms. The Morgan fingerprint density at radius 2 is 0.638 bits per heavy atom. The van der Waals surface area contributed by atoms with Crippen LogP contribution < -0.4 is 26.2 Å². The van der Waals surface area contributed by atoms with Crippen molar-refractivity contribution in [3.8, 4) is 94.7 Å². The Labute approximate surface area is 758 Å². The Bertz CT molecular complexity index is 7490. The van der Waals surface area contributed by atoms with Crippen molar-refractivity contribution in [3.05, 3.63) is 432 Å². The zero-order chi connectivity index (χ0) is 91.7. The van der Waals surface area contributed by atoms with Crippen molar-refractivity contribution in [1.82, 2.24) is 4.57 Å². The summed E-state index contributed by atoms with van der Waals surface area (Å²) in [6.45, 7) is 34.0. The minimum absolute atomic E-state index is 0.0940. The van der Waals surface area contributed by atoms with Gasteiger partial charge < -0.3 is 14.4 Å². The Kier molecular flexibility index (Phi) is 17.8. The van der Waals surface area contributed by atoms with Gasteiger partial charge in [-0.25, -0.2) is 0 Å². The lowest BCUT2D eigenvalue weighted by molar-refractivity contribution is 0.590. The summed E-state index contributed by atoms with van der Waals surface area (Å²) in [7, 11) is 0. The summed E-state index contributed by atoms with van der Waals surface area (Å²) in [5.74, 6) is 0. The summed E-state index contributed by atoms with van der Waals surface area (Å²) in [6.07, 6.45) is 0. The number of benzene rings is 17. The number of nitrogens with zero attached hydrogens (tertiary/aromatic N) is 3. The van der Waals surface area contributed by atoms with E-state index in [9.17, 15) is 6.85 Å². The van der Waals surface area contributed by atoms with E-state index >= 15 is 0 Å². The van der Waals surface area contributed by atoms with Crippen LogP contribution in [0, 0.1) is 0 Å². The van der Waals surface area contributed by atoms with Crippen LogP contribution in [0.4, 0.5) is 34.1 Å². The molecule has 0 saturated heterocycles. The van der Waals surface area contributed by atoms with Crippen molar-refractivity contribution in [2.45, 2.75) is 136 Å². The molecule has 2 aliphatic heterocycles. The average Bonchev–Trinajstić information content (AvgIpc) is 1.20. The SMILES string of the molecule is [2H]c1c([2H])c([2H])c(-c2cc3c4c(c2)N(c2c(-c5ccccc5)cc(C(C)(C)C)cc2-c2ccccc2)c2cc(-n5c6ccc(C(C)(C)C)cc6c6cc(C(C)(C)C)ccc65)ccc2B4c2ccc(-c4cccc5c4C(c4ccccc4)(c4ccccc4-c4cccc(C(C)(C)C)c4)c4ccccc4-5)cc2N3c2c(-c3ccccc3)cc(C(C)(C)C)cc2-c2ccccc2)c([2H])c1[2H]. The van der Waals surface area contributed by atoms with Gasteiger partial charge in [0.15, 0.2) is 0 Å². The second kappa shape index (κ2) is 30.2. The molecule has 4 heteroatoms. The van der Waals surface area contributed by atoms with Gasteiger partial charge in [0.2, 0.25) is 0 Å². The van der Waals surface area contributed by atoms with E-state index < -0.39 is 30.3 Å². The number of hydrogen-bond acceptors (Lipinski definition) is 2. The summed E-state index contributed by atoms with van der Waals surface area (Å²) in [4.78, 5) is 5.09. The molecule has 21 rings (SSSR count). The number of hydrogen-bond donors (Lipinski definition) is 0. The maximum Gasteiger partial charge on any atom is 0.252 e. The van der Waals surface area contributed by atoms with E-state index in [0.29, 0.717) is 5.56 Å². The lowest BCUT2D eigenvalue weighted by atomic mass is 9.33. The molecule has 3 heterocycles. The molecule has 618 valence electrons. The predicted octanol–water partition coefficient (Wildman–Crippen LogP) is 31.4. The number of anilines is 6. The van der Waals surface area contributed by atoms with E-state index in [4.69, 9.17) is 0 Å². The van der Waals surface area contributed by atoms with E-state index in [1.165, 1.54) is 49.7 Å². The summed E-state index contributed by atoms with van der Waals surface area (Å²) in [5.41, 5.74) is 35.5. The number of rotatable bonds is 12. The van der Waals surface area contributed by atoms with Gasteiger partial charge in [0.1, 0.15) is 0 Å². The Balaban J connectivity index is 0.960. The van der Waals surface area contributed by atoms with Crippen LogP contribution in [0.15, 0.2) is 382 Å². The van der Waals surface area contributed by atoms with Gasteiger partial charge in [-0.05, 0) is 239 Å². The Hall–Kier alpha value is -13.8. The number of fused-ring (bicyclic) bond motifs is 10.